The molecule has 0 radical (unpaired) electrons. The summed E-state index contributed by atoms with van der Waals surface area (Å²) in [6.07, 6.45) is 3.50. The number of hydrogen-bond donors (Lipinski definition) is 2. The maximum absolute atomic E-state index is 12.9. The van der Waals surface area contributed by atoms with Crippen molar-refractivity contribution < 1.29 is 18.8 Å². The van der Waals surface area contributed by atoms with Crippen LogP contribution in [-0.2, 0) is 28.1 Å². The lowest BCUT2D eigenvalue weighted by Gasteiger charge is -2.22. The standard InChI is InChI=1S/C20H23N3O4/c1-3-5-14-7-9-15(10-8-14)20(2)18(25)23(19(26)22-20)13-17(24)21-12-16-6-4-11-27-16/h4,6-11H,3,5,12-13H2,1-2H3,(H,21,24)(H,22,26). The maximum Gasteiger partial charge on any atom is 0.325 e. The molecule has 2 aromatic rings. The van der Waals surface area contributed by atoms with Crippen molar-refractivity contribution in [1.29, 1.82) is 0 Å². The van der Waals surface area contributed by atoms with Gasteiger partial charge >= 0.3 is 6.03 Å². The summed E-state index contributed by atoms with van der Waals surface area (Å²) in [5, 5.41) is 5.35. The lowest BCUT2D eigenvalue weighted by atomic mass is 9.91. The van der Waals surface area contributed by atoms with Gasteiger partial charge in [-0.1, -0.05) is 37.6 Å². The Morgan fingerprint density at radius 2 is 1.96 bits per heavy atom. The van der Waals surface area contributed by atoms with E-state index in [0.29, 0.717) is 11.3 Å². The van der Waals surface area contributed by atoms with Crippen LogP contribution in [0.4, 0.5) is 4.79 Å². The molecule has 0 bridgehead atoms. The van der Waals surface area contributed by atoms with Crippen molar-refractivity contribution in [3.05, 3.63) is 59.5 Å². The predicted octanol–water partition coefficient (Wildman–Crippen LogP) is 2.32. The summed E-state index contributed by atoms with van der Waals surface area (Å²) < 4.78 is 5.14. The summed E-state index contributed by atoms with van der Waals surface area (Å²) in [5.41, 5.74) is 0.693. The van der Waals surface area contributed by atoms with Crippen molar-refractivity contribution in [2.75, 3.05) is 6.54 Å². The molecule has 27 heavy (non-hydrogen) atoms. The van der Waals surface area contributed by atoms with Crippen LogP contribution >= 0.6 is 0 Å². The average Bonchev–Trinajstić information content (AvgIpc) is 3.24. The van der Waals surface area contributed by atoms with Gasteiger partial charge in [0.1, 0.15) is 17.8 Å². The van der Waals surface area contributed by atoms with E-state index in [1.165, 1.54) is 11.8 Å². The Hall–Kier alpha value is -3.09. The number of carbonyl (C=O) groups is 3. The van der Waals surface area contributed by atoms with E-state index in [0.717, 1.165) is 17.7 Å². The molecule has 0 aliphatic carbocycles. The van der Waals surface area contributed by atoms with Gasteiger partial charge in [0.05, 0.1) is 12.8 Å². The van der Waals surface area contributed by atoms with Crippen LogP contribution in [0.15, 0.2) is 47.1 Å². The second kappa shape index (κ2) is 7.65. The third kappa shape index (κ3) is 3.86. The molecule has 1 aromatic heterocycles. The number of nitrogens with zero attached hydrogens (tertiary/aromatic N) is 1. The van der Waals surface area contributed by atoms with E-state index in [9.17, 15) is 14.4 Å². The van der Waals surface area contributed by atoms with Gasteiger partial charge in [-0.15, -0.1) is 0 Å². The summed E-state index contributed by atoms with van der Waals surface area (Å²) in [5.74, 6) is -0.279. The zero-order valence-electron chi connectivity index (χ0n) is 15.5. The molecule has 1 fully saturated rings. The zero-order valence-corrected chi connectivity index (χ0v) is 15.5. The first-order chi connectivity index (χ1) is 12.9. The Bertz CT molecular complexity index is 829. The number of nitrogens with one attached hydrogen (secondary N) is 2. The van der Waals surface area contributed by atoms with Crippen LogP contribution < -0.4 is 10.6 Å². The Kier molecular flexibility index (Phi) is 5.30. The minimum atomic E-state index is -1.18. The van der Waals surface area contributed by atoms with Gasteiger partial charge in [-0.25, -0.2) is 4.79 Å². The second-order valence-corrected chi connectivity index (χ2v) is 6.75. The first-order valence-corrected chi connectivity index (χ1v) is 8.96. The van der Waals surface area contributed by atoms with E-state index in [4.69, 9.17) is 4.42 Å². The first-order valence-electron chi connectivity index (χ1n) is 8.96. The molecule has 1 aromatic carbocycles. The number of imide groups is 1. The molecule has 3 rings (SSSR count). The van der Waals surface area contributed by atoms with Gasteiger partial charge in [0.2, 0.25) is 5.91 Å². The molecule has 7 nitrogen and oxygen atoms in total. The highest BCUT2D eigenvalue weighted by molar-refractivity contribution is 6.09. The van der Waals surface area contributed by atoms with E-state index in [-0.39, 0.29) is 13.1 Å². The number of carbonyl (C=O) groups excluding carboxylic acids is 3. The number of rotatable bonds is 7. The van der Waals surface area contributed by atoms with Crippen molar-refractivity contribution >= 4 is 17.8 Å². The van der Waals surface area contributed by atoms with E-state index >= 15 is 0 Å². The van der Waals surface area contributed by atoms with Crippen molar-refractivity contribution in [2.45, 2.75) is 38.8 Å². The van der Waals surface area contributed by atoms with Gasteiger partial charge in [0, 0.05) is 0 Å². The summed E-state index contributed by atoms with van der Waals surface area (Å²) in [4.78, 5) is 38.2. The molecule has 1 saturated heterocycles. The van der Waals surface area contributed by atoms with Crippen molar-refractivity contribution in [2.24, 2.45) is 0 Å². The molecule has 1 unspecified atom stereocenters. The molecule has 1 aliphatic heterocycles. The largest absolute Gasteiger partial charge is 0.467 e. The van der Waals surface area contributed by atoms with Gasteiger partial charge in [0.25, 0.3) is 5.91 Å². The lowest BCUT2D eigenvalue weighted by Crippen LogP contribution is -2.43. The summed E-state index contributed by atoms with van der Waals surface area (Å²) in [7, 11) is 0. The smallest absolute Gasteiger partial charge is 0.325 e. The van der Waals surface area contributed by atoms with Crippen LogP contribution in [-0.4, -0.2) is 29.3 Å². The lowest BCUT2D eigenvalue weighted by molar-refractivity contribution is -0.134. The van der Waals surface area contributed by atoms with E-state index in [2.05, 4.69) is 17.6 Å². The molecule has 0 saturated carbocycles. The number of furan rings is 1. The van der Waals surface area contributed by atoms with Crippen molar-refractivity contribution in [1.82, 2.24) is 15.5 Å². The quantitative estimate of drug-likeness (QED) is 0.733. The average molecular weight is 369 g/mol. The highest BCUT2D eigenvalue weighted by atomic mass is 16.3. The van der Waals surface area contributed by atoms with Crippen LogP contribution in [0.2, 0.25) is 0 Å². The molecule has 142 valence electrons. The van der Waals surface area contributed by atoms with E-state index in [1.54, 1.807) is 19.1 Å². The Morgan fingerprint density at radius 3 is 2.59 bits per heavy atom. The number of aryl methyl sites for hydroxylation is 1. The normalized spacial score (nSPS) is 19.3. The van der Waals surface area contributed by atoms with Crippen LogP contribution in [0.3, 0.4) is 0 Å². The van der Waals surface area contributed by atoms with Crippen molar-refractivity contribution in [3.8, 4) is 0 Å². The molecule has 0 spiro atoms. The van der Waals surface area contributed by atoms with Crippen LogP contribution in [0.25, 0.3) is 0 Å². The van der Waals surface area contributed by atoms with Gasteiger partial charge < -0.3 is 15.1 Å². The zero-order chi connectivity index (χ0) is 19.4. The minimum absolute atomic E-state index is 0.200. The number of hydrogen-bond acceptors (Lipinski definition) is 4. The molecular formula is C20H23N3O4. The maximum atomic E-state index is 12.9. The Balaban J connectivity index is 1.67. The molecule has 2 heterocycles. The fourth-order valence-corrected chi connectivity index (χ4v) is 3.13. The fraction of sp³-hybridized carbons (Fsp3) is 0.350. The highest BCUT2D eigenvalue weighted by Crippen LogP contribution is 2.29. The monoisotopic (exact) mass is 369 g/mol. The minimum Gasteiger partial charge on any atom is -0.467 e. The number of amides is 4. The van der Waals surface area contributed by atoms with Crippen LogP contribution in [0, 0.1) is 0 Å². The van der Waals surface area contributed by atoms with Gasteiger partial charge in [-0.05, 0) is 36.6 Å². The molecular weight excluding hydrogens is 346 g/mol. The third-order valence-corrected chi connectivity index (χ3v) is 4.69. The predicted molar refractivity (Wildman–Crippen MR) is 98.6 cm³/mol. The van der Waals surface area contributed by atoms with Gasteiger partial charge in [-0.3, -0.25) is 14.5 Å². The van der Waals surface area contributed by atoms with Crippen LogP contribution in [0.5, 0.6) is 0 Å². The Labute approximate surface area is 157 Å². The highest BCUT2D eigenvalue weighted by Gasteiger charge is 2.49. The van der Waals surface area contributed by atoms with Gasteiger partial charge in [0.15, 0.2) is 0 Å². The second-order valence-electron chi connectivity index (χ2n) is 6.75. The first kappa shape index (κ1) is 18.7. The third-order valence-electron chi connectivity index (χ3n) is 4.69. The summed E-state index contributed by atoms with van der Waals surface area (Å²) >= 11 is 0. The van der Waals surface area contributed by atoms with Crippen LogP contribution in [0.1, 0.15) is 37.2 Å². The summed E-state index contributed by atoms with van der Waals surface area (Å²) in [6.45, 7) is 3.62. The van der Waals surface area contributed by atoms with Crippen molar-refractivity contribution in [3.63, 3.8) is 0 Å². The topological polar surface area (TPSA) is 91.7 Å². The summed E-state index contributed by atoms with van der Waals surface area (Å²) in [6, 6.07) is 10.5. The molecule has 2 N–H and O–H groups in total. The SMILES string of the molecule is CCCc1ccc(C2(C)NC(=O)N(CC(=O)NCc3ccco3)C2=O)cc1. The Morgan fingerprint density at radius 1 is 1.22 bits per heavy atom. The fourth-order valence-electron chi connectivity index (χ4n) is 3.13. The molecule has 1 aliphatic rings. The van der Waals surface area contributed by atoms with E-state index < -0.39 is 23.4 Å². The van der Waals surface area contributed by atoms with Gasteiger partial charge in [-0.2, -0.15) is 0 Å². The molecule has 7 heteroatoms. The molecule has 1 atom stereocenters. The number of benzene rings is 1. The molecule has 4 amide bonds. The van der Waals surface area contributed by atoms with E-state index in [1.807, 2.05) is 24.3 Å². The number of urea groups is 1.